The molecule has 6 aromatic rings. The molecule has 0 amide bonds. The van der Waals surface area contributed by atoms with Crippen LogP contribution in [0.5, 0.6) is 0 Å². The second kappa shape index (κ2) is 6.93. The first-order chi connectivity index (χ1) is 15.5. The Hall–Kier alpha value is -3.65. The van der Waals surface area contributed by atoms with E-state index in [1.54, 1.807) is 0 Å². The lowest BCUT2D eigenvalue weighted by Gasteiger charge is -2.18. The van der Waals surface area contributed by atoms with E-state index in [-0.39, 0.29) is 5.41 Å². The first-order valence-electron chi connectivity index (χ1n) is 11.2. The number of para-hydroxylation sites is 1. The van der Waals surface area contributed by atoms with Crippen LogP contribution in [0.4, 0.5) is 0 Å². The van der Waals surface area contributed by atoms with Crippen molar-refractivity contribution in [3.8, 4) is 11.3 Å². The molecule has 0 N–H and O–H groups in total. The van der Waals surface area contributed by atoms with Crippen LogP contribution in [0.2, 0.25) is 0 Å². The van der Waals surface area contributed by atoms with Gasteiger partial charge < -0.3 is 4.42 Å². The third kappa shape index (κ3) is 3.06. The Bertz CT molecular complexity index is 1630. The van der Waals surface area contributed by atoms with E-state index >= 15 is 0 Å². The molecule has 0 radical (unpaired) electrons. The molecule has 0 atom stereocenters. The minimum atomic E-state index is 0.228. The lowest BCUT2D eigenvalue weighted by molar-refractivity contribution is 0.411. The highest BCUT2D eigenvalue weighted by molar-refractivity contribution is 6.21. The predicted molar refractivity (Wildman–Crippen MR) is 135 cm³/mol. The molecule has 0 bridgehead atoms. The summed E-state index contributed by atoms with van der Waals surface area (Å²) in [5, 5.41) is 7.16. The largest absolute Gasteiger partial charge is 0.455 e. The van der Waals surface area contributed by atoms with Crippen LogP contribution >= 0.6 is 0 Å². The van der Waals surface area contributed by atoms with Crippen LogP contribution in [0, 0.1) is 5.41 Å². The predicted octanol–water partition coefficient (Wildman–Crippen LogP) is 8.54. The Morgan fingerprint density at radius 2 is 1.41 bits per heavy atom. The van der Waals surface area contributed by atoms with Gasteiger partial charge >= 0.3 is 0 Å². The lowest BCUT2D eigenvalue weighted by Crippen LogP contribution is -2.09. The molecule has 0 saturated carbocycles. The van der Waals surface area contributed by atoms with Gasteiger partial charge in [0.25, 0.3) is 0 Å². The van der Waals surface area contributed by atoms with Gasteiger partial charge in [-0.15, -0.1) is 0 Å². The maximum absolute atomic E-state index is 6.60. The quantitative estimate of drug-likeness (QED) is 0.265. The van der Waals surface area contributed by atoms with Crippen molar-refractivity contribution in [3.63, 3.8) is 0 Å². The van der Waals surface area contributed by atoms with Gasteiger partial charge in [0.15, 0.2) is 0 Å². The second-order valence-electron chi connectivity index (χ2n) is 9.90. The van der Waals surface area contributed by atoms with E-state index in [9.17, 15) is 0 Å². The summed E-state index contributed by atoms with van der Waals surface area (Å²) < 4.78 is 6.60. The van der Waals surface area contributed by atoms with Crippen molar-refractivity contribution in [2.24, 2.45) is 5.41 Å². The Labute approximate surface area is 187 Å². The number of rotatable bonds is 2. The monoisotopic (exact) mass is 415 g/mol. The smallest absolute Gasteiger partial charge is 0.144 e. The van der Waals surface area contributed by atoms with Crippen LogP contribution < -0.4 is 0 Å². The molecule has 32 heavy (non-hydrogen) atoms. The Morgan fingerprint density at radius 1 is 0.688 bits per heavy atom. The zero-order valence-electron chi connectivity index (χ0n) is 18.6. The average Bonchev–Trinajstić information content (AvgIpc) is 3.17. The third-order valence-electron chi connectivity index (χ3n) is 6.22. The van der Waals surface area contributed by atoms with Crippen molar-refractivity contribution >= 4 is 43.5 Å². The van der Waals surface area contributed by atoms with E-state index in [2.05, 4.69) is 99.6 Å². The van der Waals surface area contributed by atoms with Gasteiger partial charge in [0.05, 0.1) is 5.69 Å². The highest BCUT2D eigenvalue weighted by Crippen LogP contribution is 2.40. The van der Waals surface area contributed by atoms with E-state index in [0.717, 1.165) is 45.0 Å². The molecule has 4 aromatic carbocycles. The molecule has 0 aliphatic carbocycles. The molecule has 0 saturated heterocycles. The maximum atomic E-state index is 6.60. The number of aromatic nitrogens is 1. The molecule has 0 aliphatic rings. The molecule has 2 nitrogen and oxygen atoms in total. The Balaban J connectivity index is 1.61. The van der Waals surface area contributed by atoms with E-state index in [0.29, 0.717) is 0 Å². The van der Waals surface area contributed by atoms with Crippen molar-refractivity contribution in [1.82, 2.24) is 4.98 Å². The molecule has 2 heteroatoms. The second-order valence-corrected chi connectivity index (χ2v) is 9.90. The lowest BCUT2D eigenvalue weighted by atomic mass is 9.88. The van der Waals surface area contributed by atoms with Crippen molar-refractivity contribution in [3.05, 3.63) is 90.6 Å². The molecule has 0 aliphatic heterocycles. The summed E-state index contributed by atoms with van der Waals surface area (Å²) in [4.78, 5) is 4.70. The van der Waals surface area contributed by atoms with Crippen LogP contribution in [0.1, 0.15) is 26.3 Å². The molecular weight excluding hydrogens is 390 g/mol. The van der Waals surface area contributed by atoms with Crippen molar-refractivity contribution in [1.29, 1.82) is 0 Å². The number of hydrogen-bond acceptors (Lipinski definition) is 2. The number of nitrogens with zero attached hydrogens (tertiary/aromatic N) is 1. The van der Waals surface area contributed by atoms with Gasteiger partial charge in [-0.25, -0.2) is 0 Å². The van der Waals surface area contributed by atoms with Gasteiger partial charge in [-0.3, -0.25) is 4.98 Å². The summed E-state index contributed by atoms with van der Waals surface area (Å²) >= 11 is 0. The zero-order valence-corrected chi connectivity index (χ0v) is 18.6. The summed E-state index contributed by atoms with van der Waals surface area (Å²) in [7, 11) is 0. The first kappa shape index (κ1) is 19.1. The van der Waals surface area contributed by atoms with Gasteiger partial charge in [-0.05, 0) is 63.9 Å². The fourth-order valence-corrected chi connectivity index (χ4v) is 4.89. The van der Waals surface area contributed by atoms with E-state index in [1.165, 1.54) is 21.7 Å². The molecular formula is C30H25NO. The molecule has 6 rings (SSSR count). The molecule has 0 unspecified atom stereocenters. The van der Waals surface area contributed by atoms with Crippen molar-refractivity contribution in [2.75, 3.05) is 0 Å². The van der Waals surface area contributed by atoms with Gasteiger partial charge in [-0.1, -0.05) is 69.3 Å². The van der Waals surface area contributed by atoms with Gasteiger partial charge in [0, 0.05) is 27.9 Å². The van der Waals surface area contributed by atoms with Crippen LogP contribution in [0.15, 0.2) is 89.5 Å². The summed E-state index contributed by atoms with van der Waals surface area (Å²) in [6.45, 7) is 6.80. The molecule has 0 spiro atoms. The molecule has 0 fully saturated rings. The van der Waals surface area contributed by atoms with Crippen LogP contribution in [0.3, 0.4) is 0 Å². The van der Waals surface area contributed by atoms with Crippen LogP contribution in [-0.2, 0) is 6.42 Å². The first-order valence-corrected chi connectivity index (χ1v) is 11.2. The minimum Gasteiger partial charge on any atom is -0.455 e. The molecule has 2 aromatic heterocycles. The Kier molecular flexibility index (Phi) is 4.13. The molecule has 156 valence electrons. The number of hydrogen-bond donors (Lipinski definition) is 0. The number of fused-ring (bicyclic) bond motifs is 7. The highest BCUT2D eigenvalue weighted by Gasteiger charge is 2.17. The number of pyridine rings is 1. The number of benzene rings is 4. The SMILES string of the molecule is CC(C)(C)Cc1ccnc(-c2cccc3c2oc2c3ccc3c4ccccc4ccc32)c1. The van der Waals surface area contributed by atoms with Crippen molar-refractivity contribution < 1.29 is 4.42 Å². The summed E-state index contributed by atoms with van der Waals surface area (Å²) in [5.74, 6) is 0. The highest BCUT2D eigenvalue weighted by atomic mass is 16.3. The zero-order chi connectivity index (χ0) is 21.9. The normalized spacial score (nSPS) is 12.3. The van der Waals surface area contributed by atoms with Gasteiger partial charge in [0.1, 0.15) is 11.2 Å². The topological polar surface area (TPSA) is 26.0 Å². The van der Waals surface area contributed by atoms with Crippen molar-refractivity contribution in [2.45, 2.75) is 27.2 Å². The molecule has 2 heterocycles. The standard InChI is InChI=1S/C30H25NO/c1-30(2,3)18-19-15-16-31-27(17-19)26-10-6-9-23-25-14-13-22-21-8-5-4-7-20(21)11-12-24(22)28(25)32-29(23)26/h4-17H,18H2,1-3H3. The van der Waals surface area contributed by atoms with E-state index in [4.69, 9.17) is 9.40 Å². The Morgan fingerprint density at radius 3 is 2.28 bits per heavy atom. The maximum Gasteiger partial charge on any atom is 0.144 e. The number of furan rings is 1. The summed E-state index contributed by atoms with van der Waals surface area (Å²) in [5.41, 5.74) is 5.39. The summed E-state index contributed by atoms with van der Waals surface area (Å²) in [6, 6.07) is 28.0. The van der Waals surface area contributed by atoms with Crippen LogP contribution in [-0.4, -0.2) is 4.98 Å². The fourth-order valence-electron chi connectivity index (χ4n) is 4.89. The minimum absolute atomic E-state index is 0.228. The third-order valence-corrected chi connectivity index (χ3v) is 6.22. The average molecular weight is 416 g/mol. The van der Waals surface area contributed by atoms with Gasteiger partial charge in [-0.2, -0.15) is 0 Å². The summed E-state index contributed by atoms with van der Waals surface area (Å²) in [6.07, 6.45) is 2.93. The van der Waals surface area contributed by atoms with Gasteiger partial charge in [0.2, 0.25) is 0 Å². The van der Waals surface area contributed by atoms with Crippen LogP contribution in [0.25, 0.3) is 54.7 Å². The fraction of sp³-hybridized carbons (Fsp3) is 0.167. The van der Waals surface area contributed by atoms with E-state index in [1.807, 2.05) is 6.20 Å². The van der Waals surface area contributed by atoms with E-state index < -0.39 is 0 Å².